The number of hydrogen-bond donors (Lipinski definition) is 1. The molecule has 2 aromatic carbocycles. The van der Waals surface area contributed by atoms with Gasteiger partial charge >= 0.3 is 6.18 Å². The van der Waals surface area contributed by atoms with Gasteiger partial charge < -0.3 is 4.98 Å². The second kappa shape index (κ2) is 9.63. The molecule has 1 atom stereocenters. The fourth-order valence-corrected chi connectivity index (χ4v) is 5.04. The Morgan fingerprint density at radius 3 is 2.47 bits per heavy atom. The molecule has 176 valence electrons. The Labute approximate surface area is 198 Å². The van der Waals surface area contributed by atoms with E-state index in [9.17, 15) is 13.2 Å². The summed E-state index contributed by atoms with van der Waals surface area (Å²) in [4.78, 5) is 10.2. The second-order valence-corrected chi connectivity index (χ2v) is 9.18. The molecule has 1 fully saturated rings. The number of H-pyrrole nitrogens is 1. The third-order valence-electron chi connectivity index (χ3n) is 6.89. The standard InChI is InChI=1S/C28H28F3N3/c29-28(30,31)24-8-4-7-23(17-24)27-25(21-9-13-32-14-10-21)18-26(33-27)22-11-15-34(16-12-22)19-20-5-2-1-3-6-20/h1-9,13-14,17-18,21-22,33H,10-12,15-16,19H2. The van der Waals surface area contributed by atoms with Gasteiger partial charge in [-0.25, -0.2) is 0 Å². The van der Waals surface area contributed by atoms with Crippen molar-refractivity contribution >= 4 is 6.21 Å². The van der Waals surface area contributed by atoms with Crippen molar-refractivity contribution in [3.63, 3.8) is 0 Å². The maximum atomic E-state index is 13.4. The summed E-state index contributed by atoms with van der Waals surface area (Å²) < 4.78 is 40.2. The van der Waals surface area contributed by atoms with Crippen molar-refractivity contribution in [2.24, 2.45) is 4.99 Å². The molecule has 34 heavy (non-hydrogen) atoms. The quantitative estimate of drug-likeness (QED) is 0.428. The summed E-state index contributed by atoms with van der Waals surface area (Å²) >= 11 is 0. The zero-order valence-electron chi connectivity index (χ0n) is 18.9. The summed E-state index contributed by atoms with van der Waals surface area (Å²) in [5, 5.41) is 0. The Bertz CT molecular complexity index is 1170. The van der Waals surface area contributed by atoms with Crippen molar-refractivity contribution in [2.75, 3.05) is 13.1 Å². The van der Waals surface area contributed by atoms with E-state index in [2.05, 4.69) is 45.2 Å². The van der Waals surface area contributed by atoms with Crippen molar-refractivity contribution in [3.8, 4) is 11.3 Å². The Balaban J connectivity index is 1.39. The summed E-state index contributed by atoms with van der Waals surface area (Å²) in [7, 11) is 0. The smallest absolute Gasteiger partial charge is 0.358 e. The lowest BCUT2D eigenvalue weighted by Gasteiger charge is -2.31. The topological polar surface area (TPSA) is 31.4 Å². The van der Waals surface area contributed by atoms with Crippen LogP contribution >= 0.6 is 0 Å². The number of likely N-dealkylation sites (tertiary alicyclic amines) is 1. The summed E-state index contributed by atoms with van der Waals surface area (Å²) in [6.45, 7) is 2.96. The minimum atomic E-state index is -4.37. The van der Waals surface area contributed by atoms with Crippen molar-refractivity contribution in [3.05, 3.63) is 95.3 Å². The van der Waals surface area contributed by atoms with Gasteiger partial charge in [0.1, 0.15) is 0 Å². The molecular weight excluding hydrogens is 435 g/mol. The van der Waals surface area contributed by atoms with E-state index >= 15 is 0 Å². The summed E-state index contributed by atoms with van der Waals surface area (Å²) in [6, 6.07) is 18.3. The Morgan fingerprint density at radius 1 is 0.971 bits per heavy atom. The number of aromatic nitrogens is 1. The van der Waals surface area contributed by atoms with Gasteiger partial charge in [0, 0.05) is 42.2 Å². The van der Waals surface area contributed by atoms with Crippen LogP contribution in [0.2, 0.25) is 0 Å². The molecular formula is C28H28F3N3. The molecule has 1 saturated heterocycles. The van der Waals surface area contributed by atoms with E-state index in [0.717, 1.165) is 61.9 Å². The molecule has 0 radical (unpaired) electrons. The van der Waals surface area contributed by atoms with Gasteiger partial charge in [0.05, 0.1) is 5.56 Å². The zero-order chi connectivity index (χ0) is 23.5. The highest BCUT2D eigenvalue weighted by Gasteiger charge is 2.31. The lowest BCUT2D eigenvalue weighted by molar-refractivity contribution is -0.137. The molecule has 0 saturated carbocycles. The predicted molar refractivity (Wildman–Crippen MR) is 130 cm³/mol. The van der Waals surface area contributed by atoms with Gasteiger partial charge in [-0.1, -0.05) is 48.5 Å². The van der Waals surface area contributed by atoms with Crippen LogP contribution in [0.15, 0.2) is 77.9 Å². The van der Waals surface area contributed by atoms with E-state index in [1.54, 1.807) is 12.3 Å². The second-order valence-electron chi connectivity index (χ2n) is 9.18. The SMILES string of the molecule is FC(F)(F)c1cccc(-c2[nH]c(C3CCN(Cc4ccccc4)CC3)cc2C2C=CN=CC2)c1. The molecule has 2 aliphatic rings. The highest BCUT2D eigenvalue weighted by molar-refractivity contribution is 5.70. The molecule has 0 spiro atoms. The Morgan fingerprint density at radius 2 is 1.76 bits per heavy atom. The molecule has 3 nitrogen and oxygen atoms in total. The number of rotatable bonds is 5. The highest BCUT2D eigenvalue weighted by atomic mass is 19.4. The first-order valence-corrected chi connectivity index (χ1v) is 11.8. The fraction of sp³-hybridized carbons (Fsp3) is 0.321. The molecule has 0 amide bonds. The Hall–Kier alpha value is -3.12. The van der Waals surface area contributed by atoms with Crippen LogP contribution < -0.4 is 0 Å². The number of aliphatic imine (C=N–C) groups is 1. The maximum Gasteiger partial charge on any atom is 0.416 e. The number of halogens is 3. The van der Waals surface area contributed by atoms with E-state index in [1.807, 2.05) is 18.4 Å². The minimum Gasteiger partial charge on any atom is -0.358 e. The van der Waals surface area contributed by atoms with Crippen LogP contribution in [0.25, 0.3) is 11.3 Å². The lowest BCUT2D eigenvalue weighted by atomic mass is 9.90. The van der Waals surface area contributed by atoms with Gasteiger partial charge in [-0.2, -0.15) is 13.2 Å². The first kappa shape index (κ1) is 22.7. The van der Waals surface area contributed by atoms with Gasteiger partial charge in [-0.05, 0) is 67.2 Å². The third kappa shape index (κ3) is 5.02. The van der Waals surface area contributed by atoms with Crippen LogP contribution in [0.4, 0.5) is 13.2 Å². The number of hydrogen-bond acceptors (Lipinski definition) is 2. The first-order valence-electron chi connectivity index (χ1n) is 11.8. The molecule has 1 unspecified atom stereocenters. The predicted octanol–water partition coefficient (Wildman–Crippen LogP) is 7.15. The van der Waals surface area contributed by atoms with Crippen LogP contribution in [0.5, 0.6) is 0 Å². The van der Waals surface area contributed by atoms with Gasteiger partial charge in [-0.15, -0.1) is 0 Å². The van der Waals surface area contributed by atoms with Crippen molar-refractivity contribution in [1.82, 2.24) is 9.88 Å². The van der Waals surface area contributed by atoms with Gasteiger partial charge in [-0.3, -0.25) is 9.89 Å². The summed E-state index contributed by atoms with van der Waals surface area (Å²) in [6.07, 6.45) is 4.11. The zero-order valence-corrected chi connectivity index (χ0v) is 18.9. The molecule has 6 heteroatoms. The largest absolute Gasteiger partial charge is 0.416 e. The maximum absolute atomic E-state index is 13.4. The van der Waals surface area contributed by atoms with Crippen LogP contribution in [0, 0.1) is 0 Å². The van der Waals surface area contributed by atoms with Crippen LogP contribution in [-0.2, 0) is 12.7 Å². The summed E-state index contributed by atoms with van der Waals surface area (Å²) in [5.74, 6) is 0.469. The number of allylic oxidation sites excluding steroid dienone is 1. The van der Waals surface area contributed by atoms with E-state index in [4.69, 9.17) is 0 Å². The molecule has 0 aliphatic carbocycles. The average molecular weight is 464 g/mol. The van der Waals surface area contributed by atoms with Crippen molar-refractivity contribution in [1.29, 1.82) is 0 Å². The van der Waals surface area contributed by atoms with Gasteiger partial charge in [0.2, 0.25) is 0 Å². The normalized spacial score (nSPS) is 19.6. The number of nitrogens with zero attached hydrogens (tertiary/aromatic N) is 2. The van der Waals surface area contributed by atoms with E-state index in [1.165, 1.54) is 17.7 Å². The molecule has 3 heterocycles. The molecule has 2 aliphatic heterocycles. The molecule has 0 bridgehead atoms. The Kier molecular flexibility index (Phi) is 6.42. The molecule has 1 N–H and O–H groups in total. The van der Waals surface area contributed by atoms with Crippen LogP contribution in [0.3, 0.4) is 0 Å². The van der Waals surface area contributed by atoms with Crippen molar-refractivity contribution in [2.45, 2.75) is 43.8 Å². The van der Waals surface area contributed by atoms with E-state index in [0.29, 0.717) is 11.5 Å². The monoisotopic (exact) mass is 463 g/mol. The van der Waals surface area contributed by atoms with E-state index in [-0.39, 0.29) is 5.92 Å². The van der Waals surface area contributed by atoms with Gasteiger partial charge in [0.25, 0.3) is 0 Å². The average Bonchev–Trinajstić information content (AvgIpc) is 3.31. The number of piperidine rings is 1. The number of benzene rings is 2. The first-order chi connectivity index (χ1) is 16.5. The minimum absolute atomic E-state index is 0.102. The highest BCUT2D eigenvalue weighted by Crippen LogP contribution is 2.39. The molecule has 5 rings (SSSR count). The van der Waals surface area contributed by atoms with E-state index < -0.39 is 11.7 Å². The van der Waals surface area contributed by atoms with Gasteiger partial charge in [0.15, 0.2) is 0 Å². The summed E-state index contributed by atoms with van der Waals surface area (Å²) in [5.41, 5.74) is 4.23. The molecule has 1 aromatic heterocycles. The number of aromatic amines is 1. The van der Waals surface area contributed by atoms with Crippen LogP contribution in [0.1, 0.15) is 53.5 Å². The lowest BCUT2D eigenvalue weighted by Crippen LogP contribution is -2.32. The van der Waals surface area contributed by atoms with Crippen molar-refractivity contribution < 1.29 is 13.2 Å². The fourth-order valence-electron chi connectivity index (χ4n) is 5.04. The van der Waals surface area contributed by atoms with Crippen LogP contribution in [-0.4, -0.2) is 29.2 Å². The third-order valence-corrected chi connectivity index (χ3v) is 6.89. The molecule has 3 aromatic rings. The number of alkyl halides is 3. The number of nitrogens with one attached hydrogen (secondary N) is 1.